The van der Waals surface area contributed by atoms with Crippen LogP contribution in [-0.4, -0.2) is 45.1 Å². The molecular weight excluding hydrogens is 473 g/mol. The normalized spacial score (nSPS) is 27.4. The maximum Gasteiger partial charge on any atom is 0.494 e. The van der Waals surface area contributed by atoms with E-state index in [1.807, 2.05) is 0 Å². The summed E-state index contributed by atoms with van der Waals surface area (Å²) < 4.78 is 12.6. The highest BCUT2D eigenvalue weighted by molar-refractivity contribution is 6.62. The number of rotatable bonds is 4. The predicted molar refractivity (Wildman–Crippen MR) is 153 cm³/mol. The summed E-state index contributed by atoms with van der Waals surface area (Å²) >= 11 is 0. The molecule has 2 saturated heterocycles. The molecule has 2 aromatic carbocycles. The summed E-state index contributed by atoms with van der Waals surface area (Å²) in [7, 11) is -0.390. The number of aromatic amines is 1. The third-order valence-corrected chi connectivity index (χ3v) is 10.1. The Balaban J connectivity index is 1.36. The summed E-state index contributed by atoms with van der Waals surface area (Å²) in [6.45, 7) is 14.7. The van der Waals surface area contributed by atoms with Crippen molar-refractivity contribution in [1.29, 1.82) is 0 Å². The van der Waals surface area contributed by atoms with Crippen LogP contribution >= 0.6 is 0 Å². The van der Waals surface area contributed by atoms with E-state index in [-0.39, 0.29) is 36.2 Å². The average molecular weight is 516 g/mol. The van der Waals surface area contributed by atoms with Crippen molar-refractivity contribution in [3.05, 3.63) is 36.2 Å². The first-order valence-electron chi connectivity index (χ1n) is 14.6. The van der Waals surface area contributed by atoms with Gasteiger partial charge >= 0.3 is 7.12 Å². The molecule has 3 fully saturated rings. The second kappa shape index (κ2) is 9.09. The maximum absolute atomic E-state index is 13.8. The van der Waals surface area contributed by atoms with Gasteiger partial charge in [-0.2, -0.15) is 0 Å². The molecule has 202 valence electrons. The van der Waals surface area contributed by atoms with Gasteiger partial charge in [0.1, 0.15) is 5.82 Å². The highest BCUT2D eigenvalue weighted by atomic mass is 16.7. The van der Waals surface area contributed by atoms with E-state index < -0.39 is 0 Å². The van der Waals surface area contributed by atoms with Crippen molar-refractivity contribution < 1.29 is 14.1 Å². The van der Waals surface area contributed by atoms with Crippen LogP contribution in [0.3, 0.4) is 0 Å². The first-order valence-corrected chi connectivity index (χ1v) is 14.6. The fraction of sp³-hybridized carbons (Fsp3) is 0.613. The summed E-state index contributed by atoms with van der Waals surface area (Å²) in [5, 5.41) is 2.22. The smallest absolute Gasteiger partial charge is 0.399 e. The maximum atomic E-state index is 13.8. The highest BCUT2D eigenvalue weighted by Gasteiger charge is 2.52. The lowest BCUT2D eigenvalue weighted by Gasteiger charge is -2.36. The van der Waals surface area contributed by atoms with Crippen molar-refractivity contribution in [1.82, 2.24) is 14.9 Å². The molecule has 1 amide bonds. The minimum absolute atomic E-state index is 0.0109. The van der Waals surface area contributed by atoms with E-state index >= 15 is 0 Å². The Morgan fingerprint density at radius 3 is 2.47 bits per heavy atom. The molecule has 0 unspecified atom stereocenters. The van der Waals surface area contributed by atoms with Gasteiger partial charge in [0, 0.05) is 17.3 Å². The molecule has 2 aliphatic heterocycles. The van der Waals surface area contributed by atoms with Crippen molar-refractivity contribution in [2.45, 2.75) is 104 Å². The molecule has 0 radical (unpaired) electrons. The molecule has 6 rings (SSSR count). The van der Waals surface area contributed by atoms with Gasteiger partial charge in [0.15, 0.2) is 0 Å². The number of nitrogens with zero attached hydrogens (tertiary/aromatic N) is 2. The van der Waals surface area contributed by atoms with Crippen molar-refractivity contribution in [2.75, 3.05) is 0 Å². The highest BCUT2D eigenvalue weighted by Crippen LogP contribution is 2.47. The lowest BCUT2D eigenvalue weighted by atomic mass is 9.78. The number of benzene rings is 2. The van der Waals surface area contributed by atoms with Crippen LogP contribution in [0.4, 0.5) is 0 Å². The van der Waals surface area contributed by atoms with Crippen LogP contribution in [0.5, 0.6) is 0 Å². The Bertz CT molecular complexity index is 1360. The van der Waals surface area contributed by atoms with Gasteiger partial charge in [-0.25, -0.2) is 4.98 Å². The number of fused-ring (bicyclic) bond motifs is 4. The van der Waals surface area contributed by atoms with Gasteiger partial charge in [-0.3, -0.25) is 4.79 Å². The standard InChI is InChI=1S/C31H42BN3O3/c1-18(2)19(3)29(36)35-25-11-9-8-10-21(25)17-26(35)28-33-24-15-12-20-16-22(13-14-23(20)27(24)34-28)32-37-30(4,5)31(6,7)38-32/h12-16,18-19,21,25-26H,8-11,17H2,1-7H3,(H,33,34)/t19-,21-,25-,26-/m0/s1. The molecule has 1 aliphatic carbocycles. The number of nitrogens with one attached hydrogen (secondary N) is 1. The Morgan fingerprint density at radius 2 is 1.76 bits per heavy atom. The number of H-pyrrole nitrogens is 1. The van der Waals surface area contributed by atoms with Crippen LogP contribution < -0.4 is 5.46 Å². The van der Waals surface area contributed by atoms with Crippen molar-refractivity contribution in [2.24, 2.45) is 17.8 Å². The zero-order chi connectivity index (χ0) is 27.0. The first kappa shape index (κ1) is 25.9. The third-order valence-electron chi connectivity index (χ3n) is 10.1. The van der Waals surface area contributed by atoms with Gasteiger partial charge in [0.05, 0.1) is 28.3 Å². The summed E-state index contributed by atoms with van der Waals surface area (Å²) in [5.41, 5.74) is 2.27. The second-order valence-electron chi connectivity index (χ2n) is 13.3. The zero-order valence-electron chi connectivity index (χ0n) is 24.0. The Kier molecular flexibility index (Phi) is 6.19. The monoisotopic (exact) mass is 515 g/mol. The van der Waals surface area contributed by atoms with E-state index in [1.165, 1.54) is 19.3 Å². The minimum atomic E-state index is -0.390. The van der Waals surface area contributed by atoms with Gasteiger partial charge in [-0.1, -0.05) is 57.9 Å². The molecule has 7 heteroatoms. The first-order chi connectivity index (χ1) is 18.0. The number of carbonyl (C=O) groups is 1. The average Bonchev–Trinajstić information content (AvgIpc) is 3.54. The van der Waals surface area contributed by atoms with Crippen LogP contribution in [-0.2, 0) is 14.1 Å². The number of hydrogen-bond donors (Lipinski definition) is 1. The summed E-state index contributed by atoms with van der Waals surface area (Å²) in [4.78, 5) is 24.8. The number of amides is 1. The molecule has 0 spiro atoms. The van der Waals surface area contributed by atoms with E-state index in [9.17, 15) is 4.79 Å². The number of imidazole rings is 1. The number of carbonyl (C=O) groups excluding carboxylic acids is 1. The summed E-state index contributed by atoms with van der Waals surface area (Å²) in [6.07, 6.45) is 5.81. The van der Waals surface area contributed by atoms with Gasteiger partial charge in [0.25, 0.3) is 0 Å². The lowest BCUT2D eigenvalue weighted by molar-refractivity contribution is -0.140. The van der Waals surface area contributed by atoms with E-state index in [0.717, 1.165) is 45.9 Å². The molecule has 1 N–H and O–H groups in total. The van der Waals surface area contributed by atoms with Gasteiger partial charge in [0.2, 0.25) is 5.91 Å². The second-order valence-corrected chi connectivity index (χ2v) is 13.3. The van der Waals surface area contributed by atoms with Crippen molar-refractivity contribution in [3.63, 3.8) is 0 Å². The SMILES string of the molecule is CC(C)[C@H](C)C(=O)N1[C@H](c2nc3c(ccc4cc(B5OC(C)(C)C(C)(C)O5)ccc43)[nH]2)C[C@@H]2CCCC[C@@H]21. The van der Waals surface area contributed by atoms with Crippen LogP contribution in [0.15, 0.2) is 30.3 Å². The van der Waals surface area contributed by atoms with E-state index in [4.69, 9.17) is 14.3 Å². The largest absolute Gasteiger partial charge is 0.494 e. The molecule has 38 heavy (non-hydrogen) atoms. The third kappa shape index (κ3) is 4.08. The molecule has 1 saturated carbocycles. The molecular formula is C31H42BN3O3. The molecule has 6 nitrogen and oxygen atoms in total. The Morgan fingerprint density at radius 1 is 1.05 bits per heavy atom. The lowest BCUT2D eigenvalue weighted by Crippen LogP contribution is -2.44. The predicted octanol–water partition coefficient (Wildman–Crippen LogP) is 6.14. The fourth-order valence-electron chi connectivity index (χ4n) is 6.66. The number of aromatic nitrogens is 2. The molecule has 4 atom stereocenters. The topological polar surface area (TPSA) is 67.5 Å². The minimum Gasteiger partial charge on any atom is -0.399 e. The molecule has 3 heterocycles. The van der Waals surface area contributed by atoms with E-state index in [2.05, 4.69) is 88.7 Å². The zero-order valence-corrected chi connectivity index (χ0v) is 24.0. The number of likely N-dealkylation sites (tertiary alicyclic amines) is 1. The number of hydrogen-bond acceptors (Lipinski definition) is 4. The fourth-order valence-corrected chi connectivity index (χ4v) is 6.66. The van der Waals surface area contributed by atoms with Gasteiger partial charge in [-0.05, 0) is 75.7 Å². The van der Waals surface area contributed by atoms with Crippen LogP contribution in [0.2, 0.25) is 0 Å². The summed E-state index contributed by atoms with van der Waals surface area (Å²) in [5.74, 6) is 2.13. The Hall–Kier alpha value is -2.38. The quantitative estimate of drug-likeness (QED) is 0.424. The summed E-state index contributed by atoms with van der Waals surface area (Å²) in [6, 6.07) is 11.0. The molecule has 1 aromatic heterocycles. The molecule has 3 aromatic rings. The molecule has 3 aliphatic rings. The van der Waals surface area contributed by atoms with Gasteiger partial charge < -0.3 is 19.2 Å². The van der Waals surface area contributed by atoms with Crippen LogP contribution in [0, 0.1) is 17.8 Å². The van der Waals surface area contributed by atoms with Crippen LogP contribution in [0.1, 0.15) is 92.4 Å². The Labute approximate surface area is 227 Å². The van der Waals surface area contributed by atoms with Crippen molar-refractivity contribution in [3.8, 4) is 0 Å². The van der Waals surface area contributed by atoms with E-state index in [1.54, 1.807) is 0 Å². The van der Waals surface area contributed by atoms with E-state index in [0.29, 0.717) is 17.9 Å². The molecule has 0 bridgehead atoms. The van der Waals surface area contributed by atoms with Crippen molar-refractivity contribution >= 4 is 40.3 Å². The van der Waals surface area contributed by atoms with Gasteiger partial charge in [-0.15, -0.1) is 0 Å². The van der Waals surface area contributed by atoms with Crippen LogP contribution in [0.25, 0.3) is 21.8 Å².